The van der Waals surface area contributed by atoms with E-state index in [1.807, 2.05) is 32.0 Å². The van der Waals surface area contributed by atoms with E-state index in [1.54, 1.807) is 6.92 Å². The van der Waals surface area contributed by atoms with Crippen LogP contribution in [-0.2, 0) is 14.8 Å². The van der Waals surface area contributed by atoms with Gasteiger partial charge in [0.25, 0.3) is 0 Å². The first kappa shape index (κ1) is 17.0. The third-order valence-electron chi connectivity index (χ3n) is 4.31. The van der Waals surface area contributed by atoms with Crippen molar-refractivity contribution in [2.24, 2.45) is 5.92 Å². The highest BCUT2D eigenvalue weighted by Crippen LogP contribution is 2.24. The Balaban J connectivity index is 1.99. The number of nitrogens with one attached hydrogen (secondary N) is 1. The van der Waals surface area contributed by atoms with Crippen molar-refractivity contribution < 1.29 is 13.2 Å². The molecule has 0 radical (unpaired) electrons. The molecule has 1 amide bonds. The van der Waals surface area contributed by atoms with Gasteiger partial charge < -0.3 is 5.32 Å². The Labute approximate surface area is 132 Å². The van der Waals surface area contributed by atoms with Gasteiger partial charge in [0.1, 0.15) is 0 Å². The van der Waals surface area contributed by atoms with Crippen molar-refractivity contribution in [1.29, 1.82) is 0 Å². The number of sulfonamides is 1. The molecule has 0 bridgehead atoms. The zero-order valence-corrected chi connectivity index (χ0v) is 14.2. The quantitative estimate of drug-likeness (QED) is 0.924. The molecule has 1 heterocycles. The molecule has 0 atom stereocenters. The van der Waals surface area contributed by atoms with Gasteiger partial charge in [-0.2, -0.15) is 0 Å². The fourth-order valence-electron chi connectivity index (χ4n) is 2.82. The van der Waals surface area contributed by atoms with E-state index in [9.17, 15) is 13.2 Å². The second-order valence-corrected chi connectivity index (χ2v) is 8.09. The fraction of sp³-hybridized carbons (Fsp3) is 0.562. The summed E-state index contributed by atoms with van der Waals surface area (Å²) in [5, 5.41) is 3.01. The molecule has 0 saturated carbocycles. The van der Waals surface area contributed by atoms with Gasteiger partial charge in [-0.05, 0) is 44.7 Å². The maximum atomic E-state index is 12.4. The first-order chi connectivity index (χ1) is 10.3. The summed E-state index contributed by atoms with van der Waals surface area (Å²) < 4.78 is 25.2. The van der Waals surface area contributed by atoms with Crippen LogP contribution in [0, 0.1) is 19.8 Å². The molecule has 0 aliphatic carbocycles. The number of nitrogens with zero attached hydrogens (tertiary/aromatic N) is 1. The molecule has 0 spiro atoms. The van der Waals surface area contributed by atoms with Gasteiger partial charge in [-0.1, -0.05) is 18.2 Å². The van der Waals surface area contributed by atoms with Crippen molar-refractivity contribution in [3.63, 3.8) is 0 Å². The minimum atomic E-state index is -3.14. The normalized spacial score (nSPS) is 17.4. The first-order valence-electron chi connectivity index (χ1n) is 7.70. The zero-order valence-electron chi connectivity index (χ0n) is 13.4. The lowest BCUT2D eigenvalue weighted by Crippen LogP contribution is -2.42. The van der Waals surface area contributed by atoms with E-state index in [1.165, 1.54) is 4.31 Å². The Bertz CT molecular complexity index is 627. The van der Waals surface area contributed by atoms with Crippen LogP contribution in [0.25, 0.3) is 0 Å². The predicted octanol–water partition coefficient (Wildman–Crippen LogP) is 2.30. The number of carbonyl (C=O) groups is 1. The van der Waals surface area contributed by atoms with Crippen LogP contribution >= 0.6 is 0 Å². The van der Waals surface area contributed by atoms with Gasteiger partial charge >= 0.3 is 0 Å². The van der Waals surface area contributed by atoms with Crippen LogP contribution in [0.3, 0.4) is 0 Å². The number of benzene rings is 1. The number of amides is 1. The molecule has 0 unspecified atom stereocenters. The highest BCUT2D eigenvalue weighted by atomic mass is 32.2. The topological polar surface area (TPSA) is 66.5 Å². The molecule has 122 valence electrons. The lowest BCUT2D eigenvalue weighted by molar-refractivity contribution is -0.120. The smallest absolute Gasteiger partial charge is 0.227 e. The molecule has 1 aliphatic heterocycles. The molecule has 5 nitrogen and oxygen atoms in total. The molecule has 1 N–H and O–H groups in total. The number of hydrogen-bond donors (Lipinski definition) is 1. The van der Waals surface area contributed by atoms with E-state index in [2.05, 4.69) is 5.32 Å². The molecular weight excluding hydrogens is 300 g/mol. The summed E-state index contributed by atoms with van der Waals surface area (Å²) >= 11 is 0. The molecule has 1 aromatic rings. The van der Waals surface area contributed by atoms with Gasteiger partial charge in [0, 0.05) is 24.7 Å². The summed E-state index contributed by atoms with van der Waals surface area (Å²) in [7, 11) is -3.14. The summed E-state index contributed by atoms with van der Waals surface area (Å²) in [5.74, 6) is -0.0139. The molecule has 0 aromatic heterocycles. The summed E-state index contributed by atoms with van der Waals surface area (Å²) in [5.41, 5.74) is 2.95. The van der Waals surface area contributed by atoms with Crippen LogP contribution in [0.1, 0.15) is 30.9 Å². The molecule has 1 saturated heterocycles. The summed E-state index contributed by atoms with van der Waals surface area (Å²) in [6.07, 6.45) is 1.16. The Morgan fingerprint density at radius 3 is 2.27 bits per heavy atom. The molecule has 22 heavy (non-hydrogen) atoms. The number of para-hydroxylation sites is 1. The SMILES string of the molecule is CCS(=O)(=O)N1CCC(C(=O)Nc2c(C)cccc2C)CC1. The number of aryl methyl sites for hydroxylation is 2. The second-order valence-electron chi connectivity index (χ2n) is 5.83. The van der Waals surface area contributed by atoms with Crippen LogP contribution in [0.5, 0.6) is 0 Å². The van der Waals surface area contributed by atoms with E-state index in [0.29, 0.717) is 25.9 Å². The van der Waals surface area contributed by atoms with Crippen molar-refractivity contribution >= 4 is 21.6 Å². The standard InChI is InChI=1S/C16H24N2O3S/c1-4-22(20,21)18-10-8-14(9-11-18)16(19)17-15-12(2)6-5-7-13(15)3/h5-7,14H,4,8-11H2,1-3H3,(H,17,19). The Morgan fingerprint density at radius 2 is 1.77 bits per heavy atom. The van der Waals surface area contributed by atoms with Crippen molar-refractivity contribution in [2.45, 2.75) is 33.6 Å². The van der Waals surface area contributed by atoms with Gasteiger partial charge in [-0.25, -0.2) is 12.7 Å². The van der Waals surface area contributed by atoms with E-state index in [4.69, 9.17) is 0 Å². The summed E-state index contributed by atoms with van der Waals surface area (Å²) in [6.45, 7) is 6.45. The van der Waals surface area contributed by atoms with Crippen LogP contribution in [-0.4, -0.2) is 37.5 Å². The van der Waals surface area contributed by atoms with Gasteiger partial charge in [-0.15, -0.1) is 0 Å². The van der Waals surface area contributed by atoms with Crippen LogP contribution < -0.4 is 5.32 Å². The fourth-order valence-corrected chi connectivity index (χ4v) is 3.95. The van der Waals surface area contributed by atoms with Crippen LogP contribution in [0.2, 0.25) is 0 Å². The lowest BCUT2D eigenvalue weighted by atomic mass is 9.96. The van der Waals surface area contributed by atoms with Gasteiger partial charge in [-0.3, -0.25) is 4.79 Å². The maximum absolute atomic E-state index is 12.4. The van der Waals surface area contributed by atoms with Crippen LogP contribution in [0.4, 0.5) is 5.69 Å². The van der Waals surface area contributed by atoms with E-state index >= 15 is 0 Å². The third kappa shape index (κ3) is 3.67. The van der Waals surface area contributed by atoms with Crippen molar-refractivity contribution in [2.75, 3.05) is 24.2 Å². The molecule has 1 aromatic carbocycles. The number of hydrogen-bond acceptors (Lipinski definition) is 3. The third-order valence-corrected chi connectivity index (χ3v) is 6.19. The highest BCUT2D eigenvalue weighted by Gasteiger charge is 2.30. The predicted molar refractivity (Wildman–Crippen MR) is 88.3 cm³/mol. The number of rotatable bonds is 4. The Kier molecular flexibility index (Phi) is 5.24. The molecule has 2 rings (SSSR count). The summed E-state index contributed by atoms with van der Waals surface area (Å²) in [4.78, 5) is 12.4. The Hall–Kier alpha value is -1.40. The van der Waals surface area contributed by atoms with Crippen LogP contribution in [0.15, 0.2) is 18.2 Å². The average molecular weight is 324 g/mol. The molecule has 1 aliphatic rings. The maximum Gasteiger partial charge on any atom is 0.227 e. The average Bonchev–Trinajstić information content (AvgIpc) is 2.51. The van der Waals surface area contributed by atoms with E-state index < -0.39 is 10.0 Å². The van der Waals surface area contributed by atoms with Gasteiger partial charge in [0.15, 0.2) is 0 Å². The molecule has 6 heteroatoms. The van der Waals surface area contributed by atoms with E-state index in [-0.39, 0.29) is 17.6 Å². The molecular formula is C16H24N2O3S. The zero-order chi connectivity index (χ0) is 16.3. The number of anilines is 1. The lowest BCUT2D eigenvalue weighted by Gasteiger charge is -2.30. The van der Waals surface area contributed by atoms with E-state index in [0.717, 1.165) is 16.8 Å². The van der Waals surface area contributed by atoms with Gasteiger partial charge in [0.05, 0.1) is 5.75 Å². The highest BCUT2D eigenvalue weighted by molar-refractivity contribution is 7.89. The summed E-state index contributed by atoms with van der Waals surface area (Å²) in [6, 6.07) is 5.91. The number of carbonyl (C=O) groups excluding carboxylic acids is 1. The van der Waals surface area contributed by atoms with Crippen molar-refractivity contribution in [3.05, 3.63) is 29.3 Å². The van der Waals surface area contributed by atoms with Crippen molar-refractivity contribution in [1.82, 2.24) is 4.31 Å². The second kappa shape index (κ2) is 6.79. The first-order valence-corrected chi connectivity index (χ1v) is 9.31. The monoisotopic (exact) mass is 324 g/mol. The number of piperidine rings is 1. The minimum absolute atomic E-state index is 0.00838. The Morgan fingerprint density at radius 1 is 1.23 bits per heavy atom. The van der Waals surface area contributed by atoms with Crippen molar-refractivity contribution in [3.8, 4) is 0 Å². The molecule has 1 fully saturated rings. The van der Waals surface area contributed by atoms with Gasteiger partial charge in [0.2, 0.25) is 15.9 Å². The minimum Gasteiger partial charge on any atom is -0.325 e. The largest absolute Gasteiger partial charge is 0.325 e.